The highest BCUT2D eigenvalue weighted by Gasteiger charge is 2.09. The lowest BCUT2D eigenvalue weighted by molar-refractivity contribution is 0.584. The normalized spacial score (nSPS) is 11.3. The zero-order chi connectivity index (χ0) is 14.5. The number of benzene rings is 1. The zero-order valence-corrected chi connectivity index (χ0v) is 12.7. The minimum absolute atomic E-state index is 0.00545. The Morgan fingerprint density at radius 2 is 2.11 bits per heavy atom. The van der Waals surface area contributed by atoms with Crippen LogP contribution in [0.1, 0.15) is 18.1 Å². The number of nitrogens with two attached hydrogens (primary N) is 1. The van der Waals surface area contributed by atoms with Crippen LogP contribution >= 0.6 is 12.2 Å². The second kappa shape index (κ2) is 6.83. The summed E-state index contributed by atoms with van der Waals surface area (Å²) in [6.45, 7) is 4.39. The SMILES string of the molecule is CCNS(=O)(=O)CCNc1ccc(C)cc1C(N)=S. The van der Waals surface area contributed by atoms with Gasteiger partial charge in [-0.3, -0.25) is 0 Å². The highest BCUT2D eigenvalue weighted by molar-refractivity contribution is 7.89. The number of hydrogen-bond acceptors (Lipinski definition) is 4. The largest absolute Gasteiger partial charge is 0.389 e. The first-order valence-corrected chi connectivity index (χ1v) is 8.03. The Bertz CT molecular complexity index is 556. The Morgan fingerprint density at radius 3 is 2.68 bits per heavy atom. The van der Waals surface area contributed by atoms with Crippen molar-refractivity contribution in [3.63, 3.8) is 0 Å². The van der Waals surface area contributed by atoms with Gasteiger partial charge in [0.1, 0.15) is 4.99 Å². The Balaban J connectivity index is 2.71. The molecular formula is C12H19N3O2S2. The second-order valence-corrected chi connectivity index (χ2v) is 6.52. The maximum absolute atomic E-state index is 11.5. The first-order chi connectivity index (χ1) is 8.85. The van der Waals surface area contributed by atoms with E-state index < -0.39 is 10.0 Å². The summed E-state index contributed by atoms with van der Waals surface area (Å²) in [5, 5.41) is 3.05. The third-order valence-corrected chi connectivity index (χ3v) is 4.18. The molecule has 0 fully saturated rings. The second-order valence-electron chi connectivity index (χ2n) is 4.16. The lowest BCUT2D eigenvalue weighted by Gasteiger charge is -2.12. The number of thiocarbonyl (C=S) groups is 1. The smallest absolute Gasteiger partial charge is 0.213 e. The average Bonchev–Trinajstić information content (AvgIpc) is 2.30. The topological polar surface area (TPSA) is 84.2 Å². The van der Waals surface area contributed by atoms with Crippen LogP contribution in [0.4, 0.5) is 5.69 Å². The van der Waals surface area contributed by atoms with Gasteiger partial charge >= 0.3 is 0 Å². The van der Waals surface area contributed by atoms with E-state index in [9.17, 15) is 8.42 Å². The molecule has 0 heterocycles. The van der Waals surface area contributed by atoms with E-state index in [1.54, 1.807) is 6.92 Å². The number of rotatable bonds is 7. The lowest BCUT2D eigenvalue weighted by Crippen LogP contribution is -2.29. The van der Waals surface area contributed by atoms with E-state index in [0.29, 0.717) is 18.1 Å². The van der Waals surface area contributed by atoms with Gasteiger partial charge in [-0.1, -0.05) is 30.8 Å². The van der Waals surface area contributed by atoms with Gasteiger partial charge in [-0.25, -0.2) is 13.1 Å². The molecule has 1 rings (SSSR count). The van der Waals surface area contributed by atoms with E-state index in [0.717, 1.165) is 16.8 Å². The van der Waals surface area contributed by atoms with Gasteiger partial charge in [0.15, 0.2) is 0 Å². The lowest BCUT2D eigenvalue weighted by atomic mass is 10.1. The monoisotopic (exact) mass is 301 g/mol. The molecule has 1 aromatic rings. The standard InChI is InChI=1S/C12H19N3O2S2/c1-3-15-19(16,17)7-6-14-11-5-4-9(2)8-10(11)12(13)18/h4-5,8,14-15H,3,6-7H2,1-2H3,(H2,13,18). The number of hydrogen-bond donors (Lipinski definition) is 3. The fourth-order valence-electron chi connectivity index (χ4n) is 1.63. The summed E-state index contributed by atoms with van der Waals surface area (Å²) < 4.78 is 25.4. The third kappa shape index (κ3) is 5.14. The highest BCUT2D eigenvalue weighted by Crippen LogP contribution is 2.17. The van der Waals surface area contributed by atoms with Crippen LogP contribution in [0.15, 0.2) is 18.2 Å². The summed E-state index contributed by atoms with van der Waals surface area (Å²) in [7, 11) is -3.22. The molecule has 19 heavy (non-hydrogen) atoms. The molecule has 0 amide bonds. The Kier molecular flexibility index (Phi) is 5.71. The quantitative estimate of drug-likeness (QED) is 0.654. The molecule has 0 aliphatic heterocycles. The van der Waals surface area contributed by atoms with Gasteiger partial charge in [-0.2, -0.15) is 0 Å². The molecule has 0 spiro atoms. The Hall–Kier alpha value is -1.18. The molecule has 5 nitrogen and oxygen atoms in total. The minimum atomic E-state index is -3.22. The molecule has 0 aromatic heterocycles. The van der Waals surface area contributed by atoms with Crippen molar-refractivity contribution < 1.29 is 8.42 Å². The molecule has 1 aromatic carbocycles. The minimum Gasteiger partial charge on any atom is -0.389 e. The Morgan fingerprint density at radius 1 is 1.42 bits per heavy atom. The molecule has 0 aliphatic carbocycles. The molecule has 0 radical (unpaired) electrons. The molecule has 4 N–H and O–H groups in total. The predicted octanol–water partition coefficient (Wildman–Crippen LogP) is 0.980. The van der Waals surface area contributed by atoms with Crippen molar-refractivity contribution >= 4 is 32.9 Å². The molecule has 0 saturated heterocycles. The maximum Gasteiger partial charge on any atom is 0.213 e. The van der Waals surface area contributed by atoms with Crippen LogP contribution in [-0.2, 0) is 10.0 Å². The highest BCUT2D eigenvalue weighted by atomic mass is 32.2. The van der Waals surface area contributed by atoms with E-state index in [2.05, 4.69) is 10.0 Å². The first-order valence-electron chi connectivity index (χ1n) is 5.97. The maximum atomic E-state index is 11.5. The molecule has 0 saturated carbocycles. The number of sulfonamides is 1. The molecule has 0 atom stereocenters. The van der Waals surface area contributed by atoms with Crippen LogP contribution in [-0.4, -0.2) is 32.2 Å². The van der Waals surface area contributed by atoms with Crippen LogP contribution in [0, 0.1) is 6.92 Å². The van der Waals surface area contributed by atoms with Gasteiger partial charge in [-0.05, 0) is 19.1 Å². The number of nitrogens with one attached hydrogen (secondary N) is 2. The van der Waals surface area contributed by atoms with Crippen molar-refractivity contribution in [2.75, 3.05) is 24.2 Å². The first kappa shape index (κ1) is 15.9. The molecule has 7 heteroatoms. The van der Waals surface area contributed by atoms with Gasteiger partial charge in [0, 0.05) is 24.3 Å². The summed E-state index contributed by atoms with van der Waals surface area (Å²) in [6.07, 6.45) is 0. The molecule has 106 valence electrons. The fourth-order valence-corrected chi connectivity index (χ4v) is 2.75. The van der Waals surface area contributed by atoms with Gasteiger partial charge in [0.05, 0.1) is 5.75 Å². The number of anilines is 1. The van der Waals surface area contributed by atoms with Crippen LogP contribution < -0.4 is 15.8 Å². The van der Waals surface area contributed by atoms with Crippen molar-refractivity contribution in [1.82, 2.24) is 4.72 Å². The van der Waals surface area contributed by atoms with Crippen LogP contribution in [0.25, 0.3) is 0 Å². The van der Waals surface area contributed by atoms with Gasteiger partial charge in [0.2, 0.25) is 10.0 Å². The van der Waals surface area contributed by atoms with Crippen molar-refractivity contribution in [2.24, 2.45) is 5.73 Å². The van der Waals surface area contributed by atoms with Crippen molar-refractivity contribution in [2.45, 2.75) is 13.8 Å². The van der Waals surface area contributed by atoms with E-state index in [4.69, 9.17) is 18.0 Å². The van der Waals surface area contributed by atoms with Crippen molar-refractivity contribution in [3.8, 4) is 0 Å². The van der Waals surface area contributed by atoms with Crippen LogP contribution in [0.3, 0.4) is 0 Å². The van der Waals surface area contributed by atoms with E-state index in [1.165, 1.54) is 0 Å². The van der Waals surface area contributed by atoms with Gasteiger partial charge in [-0.15, -0.1) is 0 Å². The van der Waals surface area contributed by atoms with E-state index in [-0.39, 0.29) is 5.75 Å². The zero-order valence-electron chi connectivity index (χ0n) is 11.1. The summed E-state index contributed by atoms with van der Waals surface area (Å²) >= 11 is 4.98. The third-order valence-electron chi connectivity index (χ3n) is 2.49. The summed E-state index contributed by atoms with van der Waals surface area (Å²) in [5.74, 6) is 0.00545. The number of aryl methyl sites for hydroxylation is 1. The molecular weight excluding hydrogens is 282 g/mol. The summed E-state index contributed by atoms with van der Waals surface area (Å²) in [4.78, 5) is 0.292. The molecule has 0 unspecified atom stereocenters. The van der Waals surface area contributed by atoms with Gasteiger partial charge < -0.3 is 11.1 Å². The Labute approximate surface area is 119 Å². The molecule has 0 aliphatic rings. The summed E-state index contributed by atoms with van der Waals surface area (Å²) in [5.41, 5.74) is 8.19. The average molecular weight is 301 g/mol. The van der Waals surface area contributed by atoms with Crippen molar-refractivity contribution in [3.05, 3.63) is 29.3 Å². The fraction of sp³-hybridized carbons (Fsp3) is 0.417. The predicted molar refractivity (Wildman–Crippen MR) is 83.0 cm³/mol. The van der Waals surface area contributed by atoms with Crippen LogP contribution in [0.5, 0.6) is 0 Å². The van der Waals surface area contributed by atoms with Crippen LogP contribution in [0.2, 0.25) is 0 Å². The van der Waals surface area contributed by atoms with Gasteiger partial charge in [0.25, 0.3) is 0 Å². The molecule has 0 bridgehead atoms. The van der Waals surface area contributed by atoms with E-state index in [1.807, 2.05) is 25.1 Å². The summed E-state index contributed by atoms with van der Waals surface area (Å²) in [6, 6.07) is 5.65. The van der Waals surface area contributed by atoms with Crippen molar-refractivity contribution in [1.29, 1.82) is 0 Å². The van der Waals surface area contributed by atoms with E-state index >= 15 is 0 Å².